The molecule has 13 heavy (non-hydrogen) atoms. The molecule has 1 aliphatic rings. The van der Waals surface area contributed by atoms with E-state index in [4.69, 9.17) is 0 Å². The van der Waals surface area contributed by atoms with Gasteiger partial charge in [0.05, 0.1) is 4.83 Å². The largest absolute Gasteiger partial charge is 0.352 e. The minimum atomic E-state index is -0.0342. The predicted octanol–water partition coefficient (Wildman–Crippen LogP) is 2.46. The summed E-state index contributed by atoms with van der Waals surface area (Å²) in [5.41, 5.74) is 0. The molecule has 2 nitrogen and oxygen atoms in total. The molecule has 0 unspecified atom stereocenters. The molecule has 0 spiro atoms. The Morgan fingerprint density at radius 3 is 2.38 bits per heavy atom. The molecule has 1 aliphatic carbocycles. The molecule has 0 heterocycles. The number of halogens is 1. The Kier molecular flexibility index (Phi) is 4.23. The van der Waals surface area contributed by atoms with Crippen molar-refractivity contribution in [2.24, 2.45) is 5.92 Å². The van der Waals surface area contributed by atoms with E-state index in [1.54, 1.807) is 0 Å². The Morgan fingerprint density at radius 2 is 1.92 bits per heavy atom. The highest BCUT2D eigenvalue weighted by Gasteiger charge is 2.23. The summed E-state index contributed by atoms with van der Waals surface area (Å²) in [4.78, 5) is 11.5. The number of amides is 1. The number of carbonyl (C=O) groups excluding carboxylic acids is 1. The lowest BCUT2D eigenvalue weighted by Crippen LogP contribution is -2.39. The van der Waals surface area contributed by atoms with Gasteiger partial charge in [-0.15, -0.1) is 0 Å². The van der Waals surface area contributed by atoms with E-state index in [0.717, 1.165) is 12.8 Å². The van der Waals surface area contributed by atoms with Gasteiger partial charge in [-0.2, -0.15) is 0 Å². The standard InChI is InChI=1S/C10H18BrNO/c1-7(2)9(11)10(13)12-8-5-3-4-6-8/h7-9H,3-6H2,1-2H3,(H,12,13)/t9-/m1/s1. The number of alkyl halides is 1. The molecule has 1 fully saturated rings. The van der Waals surface area contributed by atoms with Gasteiger partial charge >= 0.3 is 0 Å². The predicted molar refractivity (Wildman–Crippen MR) is 58.0 cm³/mol. The van der Waals surface area contributed by atoms with Crippen LogP contribution in [0.25, 0.3) is 0 Å². The van der Waals surface area contributed by atoms with E-state index in [2.05, 4.69) is 21.2 Å². The molecule has 0 radical (unpaired) electrons. The van der Waals surface area contributed by atoms with Crippen molar-refractivity contribution in [1.82, 2.24) is 5.32 Å². The molecule has 0 aliphatic heterocycles. The highest BCUT2D eigenvalue weighted by atomic mass is 79.9. The summed E-state index contributed by atoms with van der Waals surface area (Å²) in [6.45, 7) is 4.10. The van der Waals surface area contributed by atoms with E-state index in [0.29, 0.717) is 12.0 Å². The van der Waals surface area contributed by atoms with Crippen LogP contribution in [0.15, 0.2) is 0 Å². The van der Waals surface area contributed by atoms with Gasteiger partial charge in [0.25, 0.3) is 0 Å². The molecule has 0 bridgehead atoms. The summed E-state index contributed by atoms with van der Waals surface area (Å²) in [5, 5.41) is 3.07. The number of hydrogen-bond acceptors (Lipinski definition) is 1. The van der Waals surface area contributed by atoms with Crippen LogP contribution in [0.1, 0.15) is 39.5 Å². The molecule has 1 amide bonds. The third-order valence-electron chi connectivity index (χ3n) is 2.54. The average Bonchev–Trinajstić information content (AvgIpc) is 2.55. The third-order valence-corrected chi connectivity index (χ3v) is 4.01. The Morgan fingerprint density at radius 1 is 1.38 bits per heavy atom. The van der Waals surface area contributed by atoms with Crippen LogP contribution in [0.2, 0.25) is 0 Å². The monoisotopic (exact) mass is 247 g/mol. The lowest BCUT2D eigenvalue weighted by atomic mass is 10.1. The van der Waals surface area contributed by atoms with E-state index in [9.17, 15) is 4.79 Å². The zero-order valence-corrected chi connectivity index (χ0v) is 9.93. The third kappa shape index (κ3) is 3.29. The summed E-state index contributed by atoms with van der Waals surface area (Å²) in [6.07, 6.45) is 4.84. The maximum Gasteiger partial charge on any atom is 0.234 e. The number of hydrogen-bond donors (Lipinski definition) is 1. The van der Waals surface area contributed by atoms with Crippen molar-refractivity contribution in [3.8, 4) is 0 Å². The minimum Gasteiger partial charge on any atom is -0.352 e. The topological polar surface area (TPSA) is 29.1 Å². The second-order valence-electron chi connectivity index (χ2n) is 4.14. The molecule has 0 aromatic carbocycles. The van der Waals surface area contributed by atoms with Gasteiger partial charge in [-0.25, -0.2) is 0 Å². The lowest BCUT2D eigenvalue weighted by molar-refractivity contribution is -0.121. The van der Waals surface area contributed by atoms with Crippen molar-refractivity contribution < 1.29 is 4.79 Å². The Balaban J connectivity index is 2.31. The van der Waals surface area contributed by atoms with E-state index in [1.165, 1.54) is 12.8 Å². The van der Waals surface area contributed by atoms with Crippen molar-refractivity contribution in [3.63, 3.8) is 0 Å². The van der Waals surface area contributed by atoms with Crippen molar-refractivity contribution >= 4 is 21.8 Å². The van der Waals surface area contributed by atoms with Gasteiger partial charge in [-0.1, -0.05) is 42.6 Å². The lowest BCUT2D eigenvalue weighted by Gasteiger charge is -2.17. The fourth-order valence-electron chi connectivity index (χ4n) is 1.65. The molecule has 76 valence electrons. The first-order valence-corrected chi connectivity index (χ1v) is 5.97. The van der Waals surface area contributed by atoms with Crippen molar-refractivity contribution in [2.45, 2.75) is 50.4 Å². The molecule has 0 aromatic heterocycles. The zero-order valence-electron chi connectivity index (χ0n) is 8.35. The molecule has 1 saturated carbocycles. The second kappa shape index (κ2) is 4.99. The van der Waals surface area contributed by atoms with Crippen molar-refractivity contribution in [3.05, 3.63) is 0 Å². The zero-order chi connectivity index (χ0) is 9.84. The van der Waals surface area contributed by atoms with Crippen LogP contribution >= 0.6 is 15.9 Å². The summed E-state index contributed by atoms with van der Waals surface area (Å²) in [7, 11) is 0. The van der Waals surface area contributed by atoms with Gasteiger partial charge in [0.2, 0.25) is 5.91 Å². The van der Waals surface area contributed by atoms with Gasteiger partial charge in [-0.05, 0) is 18.8 Å². The van der Waals surface area contributed by atoms with Gasteiger partial charge in [0.15, 0.2) is 0 Å². The summed E-state index contributed by atoms with van der Waals surface area (Å²) >= 11 is 3.40. The van der Waals surface area contributed by atoms with Crippen LogP contribution in [0.3, 0.4) is 0 Å². The SMILES string of the molecule is CC(C)[C@@H](Br)C(=O)NC1CCCC1. The molecular weight excluding hydrogens is 230 g/mol. The second-order valence-corrected chi connectivity index (χ2v) is 5.12. The molecule has 1 rings (SSSR count). The highest BCUT2D eigenvalue weighted by molar-refractivity contribution is 9.10. The number of rotatable bonds is 3. The molecule has 1 N–H and O–H groups in total. The summed E-state index contributed by atoms with van der Waals surface area (Å²) < 4.78 is 0. The van der Waals surface area contributed by atoms with Crippen LogP contribution < -0.4 is 5.32 Å². The molecule has 3 heteroatoms. The van der Waals surface area contributed by atoms with E-state index in [-0.39, 0.29) is 10.7 Å². The number of nitrogens with one attached hydrogen (secondary N) is 1. The fraction of sp³-hybridized carbons (Fsp3) is 0.900. The first kappa shape index (κ1) is 11.0. The van der Waals surface area contributed by atoms with E-state index >= 15 is 0 Å². The van der Waals surface area contributed by atoms with Crippen LogP contribution in [0.4, 0.5) is 0 Å². The first-order chi connectivity index (χ1) is 6.11. The van der Waals surface area contributed by atoms with Crippen LogP contribution in [-0.4, -0.2) is 16.8 Å². The Hall–Kier alpha value is -0.0500. The van der Waals surface area contributed by atoms with Gasteiger partial charge in [0, 0.05) is 6.04 Å². The quantitative estimate of drug-likeness (QED) is 0.764. The molecule has 1 atom stereocenters. The summed E-state index contributed by atoms with van der Waals surface area (Å²) in [6, 6.07) is 0.436. The van der Waals surface area contributed by atoms with Crippen LogP contribution in [-0.2, 0) is 4.79 Å². The van der Waals surface area contributed by atoms with Crippen molar-refractivity contribution in [1.29, 1.82) is 0 Å². The van der Waals surface area contributed by atoms with E-state index in [1.807, 2.05) is 13.8 Å². The fourth-order valence-corrected chi connectivity index (χ4v) is 1.79. The van der Waals surface area contributed by atoms with Gasteiger partial charge in [0.1, 0.15) is 0 Å². The van der Waals surface area contributed by atoms with Gasteiger partial charge in [-0.3, -0.25) is 4.79 Å². The molecule has 0 aromatic rings. The van der Waals surface area contributed by atoms with Crippen LogP contribution in [0.5, 0.6) is 0 Å². The normalized spacial score (nSPS) is 20.6. The van der Waals surface area contributed by atoms with Crippen LogP contribution in [0, 0.1) is 5.92 Å². The Bertz CT molecular complexity index is 176. The highest BCUT2D eigenvalue weighted by Crippen LogP contribution is 2.19. The Labute approximate surface area is 88.6 Å². The minimum absolute atomic E-state index is 0.0342. The maximum absolute atomic E-state index is 11.6. The van der Waals surface area contributed by atoms with E-state index < -0.39 is 0 Å². The van der Waals surface area contributed by atoms with Gasteiger partial charge < -0.3 is 5.32 Å². The smallest absolute Gasteiger partial charge is 0.234 e. The molecular formula is C10H18BrNO. The summed E-state index contributed by atoms with van der Waals surface area (Å²) in [5.74, 6) is 0.517. The average molecular weight is 248 g/mol. The molecule has 0 saturated heterocycles. The van der Waals surface area contributed by atoms with Crippen molar-refractivity contribution in [2.75, 3.05) is 0 Å². The first-order valence-electron chi connectivity index (χ1n) is 5.05. The maximum atomic E-state index is 11.6. The number of carbonyl (C=O) groups is 1.